The Morgan fingerprint density at radius 1 is 1.33 bits per heavy atom. The molecule has 0 radical (unpaired) electrons. The van der Waals surface area contributed by atoms with E-state index in [1.54, 1.807) is 12.1 Å². The predicted molar refractivity (Wildman–Crippen MR) is 85.0 cm³/mol. The van der Waals surface area contributed by atoms with Crippen molar-refractivity contribution in [3.05, 3.63) is 34.8 Å². The maximum atomic E-state index is 12.3. The van der Waals surface area contributed by atoms with Crippen LogP contribution < -0.4 is 11.1 Å². The topological polar surface area (TPSA) is 127 Å². The summed E-state index contributed by atoms with van der Waals surface area (Å²) in [6.45, 7) is 1.41. The standard InChI is InChI=1S/C15H14FN7O/c1-8-10(13(18)14-15(20-8)23-24-22-14)6-9-2-3-11(19-5-4-16)12(7-17)21-9/h2-3,19H,4-6,18H2,1H3. The van der Waals surface area contributed by atoms with E-state index in [4.69, 9.17) is 5.73 Å². The van der Waals surface area contributed by atoms with Gasteiger partial charge in [0.1, 0.15) is 12.7 Å². The number of nitrogens with zero attached hydrogens (tertiary/aromatic N) is 5. The maximum Gasteiger partial charge on any atom is 0.226 e. The summed E-state index contributed by atoms with van der Waals surface area (Å²) in [5, 5.41) is 19.5. The zero-order valence-electron chi connectivity index (χ0n) is 12.9. The Hall–Kier alpha value is -3.28. The Balaban J connectivity index is 1.95. The molecule has 0 aliphatic rings. The highest BCUT2D eigenvalue weighted by Gasteiger charge is 2.16. The molecule has 0 atom stereocenters. The molecule has 122 valence electrons. The van der Waals surface area contributed by atoms with E-state index in [1.165, 1.54) is 0 Å². The number of anilines is 2. The minimum atomic E-state index is -0.528. The van der Waals surface area contributed by atoms with Gasteiger partial charge in [-0.05, 0) is 29.4 Å². The molecule has 0 spiro atoms. The van der Waals surface area contributed by atoms with Gasteiger partial charge in [0.05, 0.1) is 11.4 Å². The zero-order chi connectivity index (χ0) is 17.1. The van der Waals surface area contributed by atoms with Crippen molar-refractivity contribution in [1.82, 2.24) is 20.3 Å². The first-order chi connectivity index (χ1) is 11.6. The van der Waals surface area contributed by atoms with Crippen LogP contribution >= 0.6 is 0 Å². The highest BCUT2D eigenvalue weighted by Crippen LogP contribution is 2.25. The number of nitrogens with two attached hydrogens (primary N) is 1. The van der Waals surface area contributed by atoms with Crippen LogP contribution in [0, 0.1) is 18.3 Å². The van der Waals surface area contributed by atoms with Crippen LogP contribution in [0.3, 0.4) is 0 Å². The number of nitriles is 1. The third-order valence-corrected chi connectivity index (χ3v) is 3.59. The number of aryl methyl sites for hydroxylation is 1. The molecule has 8 nitrogen and oxygen atoms in total. The number of rotatable bonds is 5. The third-order valence-electron chi connectivity index (χ3n) is 3.59. The van der Waals surface area contributed by atoms with E-state index in [0.717, 1.165) is 5.56 Å². The van der Waals surface area contributed by atoms with E-state index in [-0.39, 0.29) is 12.2 Å². The lowest BCUT2D eigenvalue weighted by Gasteiger charge is -2.10. The van der Waals surface area contributed by atoms with E-state index in [0.29, 0.717) is 40.3 Å². The SMILES string of the molecule is Cc1nc2nonc2c(N)c1Cc1ccc(NCCF)c(C#N)n1. The van der Waals surface area contributed by atoms with Crippen LogP contribution in [0.2, 0.25) is 0 Å². The molecule has 0 saturated carbocycles. The summed E-state index contributed by atoms with van der Waals surface area (Å²) in [6.07, 6.45) is 0.380. The van der Waals surface area contributed by atoms with Crippen molar-refractivity contribution in [3.8, 4) is 6.07 Å². The van der Waals surface area contributed by atoms with Crippen LogP contribution in [-0.2, 0) is 6.42 Å². The first-order valence-electron chi connectivity index (χ1n) is 7.21. The number of hydrogen-bond donors (Lipinski definition) is 2. The lowest BCUT2D eigenvalue weighted by Crippen LogP contribution is -2.08. The van der Waals surface area contributed by atoms with Crippen LogP contribution in [0.1, 0.15) is 22.6 Å². The highest BCUT2D eigenvalue weighted by molar-refractivity contribution is 5.85. The molecular formula is C15H14FN7O. The minimum absolute atomic E-state index is 0.126. The van der Waals surface area contributed by atoms with Gasteiger partial charge in [-0.15, -0.1) is 0 Å². The molecule has 0 fully saturated rings. The lowest BCUT2D eigenvalue weighted by molar-refractivity contribution is 0.315. The van der Waals surface area contributed by atoms with Gasteiger partial charge in [-0.25, -0.2) is 19.0 Å². The van der Waals surface area contributed by atoms with Crippen LogP contribution in [-0.4, -0.2) is 33.5 Å². The summed E-state index contributed by atoms with van der Waals surface area (Å²) in [6, 6.07) is 5.46. The van der Waals surface area contributed by atoms with Crippen molar-refractivity contribution in [2.45, 2.75) is 13.3 Å². The summed E-state index contributed by atoms with van der Waals surface area (Å²) in [5.74, 6) is 0. The molecule has 0 aliphatic carbocycles. The number of pyridine rings is 2. The summed E-state index contributed by atoms with van der Waals surface area (Å²) in [4.78, 5) is 8.60. The van der Waals surface area contributed by atoms with Crippen LogP contribution in [0.25, 0.3) is 11.2 Å². The molecule has 0 amide bonds. The van der Waals surface area contributed by atoms with Gasteiger partial charge in [0.15, 0.2) is 11.2 Å². The van der Waals surface area contributed by atoms with Gasteiger partial charge in [0.2, 0.25) is 5.65 Å². The average Bonchev–Trinajstić information content (AvgIpc) is 3.05. The average molecular weight is 327 g/mol. The number of aromatic nitrogens is 4. The van der Waals surface area contributed by atoms with Crippen molar-refractivity contribution in [3.63, 3.8) is 0 Å². The Kier molecular flexibility index (Phi) is 4.20. The van der Waals surface area contributed by atoms with Crippen LogP contribution in [0.5, 0.6) is 0 Å². The van der Waals surface area contributed by atoms with Gasteiger partial charge in [-0.3, -0.25) is 0 Å². The molecule has 3 aromatic heterocycles. The van der Waals surface area contributed by atoms with Gasteiger partial charge in [0, 0.05) is 29.9 Å². The van der Waals surface area contributed by atoms with E-state index in [9.17, 15) is 9.65 Å². The molecule has 3 heterocycles. The van der Waals surface area contributed by atoms with Gasteiger partial charge in [-0.1, -0.05) is 0 Å². The second-order valence-corrected chi connectivity index (χ2v) is 5.13. The van der Waals surface area contributed by atoms with Crippen molar-refractivity contribution in [2.24, 2.45) is 0 Å². The van der Waals surface area contributed by atoms with Gasteiger partial charge in [-0.2, -0.15) is 5.26 Å². The van der Waals surface area contributed by atoms with E-state index >= 15 is 0 Å². The van der Waals surface area contributed by atoms with Gasteiger partial charge in [0.25, 0.3) is 0 Å². The minimum Gasteiger partial charge on any atom is -0.396 e. The number of hydrogen-bond acceptors (Lipinski definition) is 8. The number of nitrogens with one attached hydrogen (secondary N) is 1. The molecule has 0 bridgehead atoms. The molecule has 0 aromatic carbocycles. The molecule has 0 aliphatic heterocycles. The Bertz CT molecular complexity index is 931. The van der Waals surface area contributed by atoms with Crippen LogP contribution in [0.15, 0.2) is 16.8 Å². The smallest absolute Gasteiger partial charge is 0.226 e. The van der Waals surface area contributed by atoms with Gasteiger partial charge >= 0.3 is 0 Å². The molecule has 3 rings (SSSR count). The first-order valence-corrected chi connectivity index (χ1v) is 7.21. The Morgan fingerprint density at radius 3 is 2.92 bits per heavy atom. The number of halogens is 1. The van der Waals surface area contributed by atoms with E-state index in [1.807, 2.05) is 13.0 Å². The molecule has 0 saturated heterocycles. The largest absolute Gasteiger partial charge is 0.396 e. The fraction of sp³-hybridized carbons (Fsp3) is 0.267. The maximum absolute atomic E-state index is 12.3. The number of alkyl halides is 1. The van der Waals surface area contributed by atoms with Crippen LogP contribution in [0.4, 0.5) is 15.8 Å². The Labute approximate surface area is 136 Å². The number of nitrogen functional groups attached to an aromatic ring is 1. The molecule has 0 unspecified atom stereocenters. The summed E-state index contributed by atoms with van der Waals surface area (Å²) in [7, 11) is 0. The second-order valence-electron chi connectivity index (χ2n) is 5.13. The number of fused-ring (bicyclic) bond motifs is 1. The quantitative estimate of drug-likeness (QED) is 0.725. The lowest BCUT2D eigenvalue weighted by atomic mass is 10.0. The molecule has 3 aromatic rings. The zero-order valence-corrected chi connectivity index (χ0v) is 12.9. The molecular weight excluding hydrogens is 313 g/mol. The monoisotopic (exact) mass is 327 g/mol. The van der Waals surface area contributed by atoms with Crippen molar-refractivity contribution >= 4 is 22.5 Å². The normalized spacial score (nSPS) is 10.7. The molecule has 9 heteroatoms. The summed E-state index contributed by atoms with van der Waals surface area (Å²) in [5.41, 5.74) is 10.1. The fourth-order valence-corrected chi connectivity index (χ4v) is 2.40. The summed E-state index contributed by atoms with van der Waals surface area (Å²) < 4.78 is 16.9. The first kappa shape index (κ1) is 15.6. The Morgan fingerprint density at radius 2 is 2.17 bits per heavy atom. The van der Waals surface area contributed by atoms with E-state index < -0.39 is 6.67 Å². The van der Waals surface area contributed by atoms with Crippen molar-refractivity contribution in [1.29, 1.82) is 5.26 Å². The molecule has 24 heavy (non-hydrogen) atoms. The second kappa shape index (κ2) is 6.45. The van der Waals surface area contributed by atoms with E-state index in [2.05, 4.69) is 30.2 Å². The third kappa shape index (κ3) is 2.81. The van der Waals surface area contributed by atoms with Crippen molar-refractivity contribution in [2.75, 3.05) is 24.3 Å². The fourth-order valence-electron chi connectivity index (χ4n) is 2.40. The van der Waals surface area contributed by atoms with Gasteiger partial charge < -0.3 is 11.1 Å². The molecule has 3 N–H and O–H groups in total. The highest BCUT2D eigenvalue weighted by atomic mass is 19.1. The van der Waals surface area contributed by atoms with Crippen molar-refractivity contribution < 1.29 is 9.02 Å². The predicted octanol–water partition coefficient (Wildman–Crippen LogP) is 1.75. The summed E-state index contributed by atoms with van der Waals surface area (Å²) >= 11 is 0.